The van der Waals surface area contributed by atoms with Crippen molar-refractivity contribution in [3.05, 3.63) is 28.3 Å². The summed E-state index contributed by atoms with van der Waals surface area (Å²) in [4.78, 5) is 10.2. The van der Waals surface area contributed by atoms with Gasteiger partial charge in [-0.3, -0.25) is 10.1 Å². The molecule has 0 fully saturated rings. The van der Waals surface area contributed by atoms with Gasteiger partial charge in [0.25, 0.3) is 0 Å². The Morgan fingerprint density at radius 3 is 2.76 bits per heavy atom. The van der Waals surface area contributed by atoms with E-state index in [0.717, 1.165) is 6.42 Å². The van der Waals surface area contributed by atoms with Gasteiger partial charge in [0.2, 0.25) is 0 Å². The molecule has 17 heavy (non-hydrogen) atoms. The molecule has 0 saturated heterocycles. The van der Waals surface area contributed by atoms with Gasteiger partial charge in [-0.15, -0.1) is 0 Å². The SMILES string of the molecule is CCCOCCOc1cccc(N)c1[N+](=O)[O-]. The molecule has 2 N–H and O–H groups in total. The van der Waals surface area contributed by atoms with Gasteiger partial charge in [0.05, 0.1) is 11.5 Å². The van der Waals surface area contributed by atoms with Crippen LogP contribution in [0.3, 0.4) is 0 Å². The van der Waals surface area contributed by atoms with Crippen LogP contribution in [0.2, 0.25) is 0 Å². The molecule has 0 radical (unpaired) electrons. The Bertz CT molecular complexity index is 382. The van der Waals surface area contributed by atoms with E-state index >= 15 is 0 Å². The summed E-state index contributed by atoms with van der Waals surface area (Å²) in [5.41, 5.74) is 5.43. The lowest BCUT2D eigenvalue weighted by Crippen LogP contribution is -2.08. The quantitative estimate of drug-likeness (QED) is 0.341. The predicted molar refractivity (Wildman–Crippen MR) is 64.1 cm³/mol. The molecule has 0 saturated carbocycles. The van der Waals surface area contributed by atoms with Crippen LogP contribution in [0, 0.1) is 10.1 Å². The van der Waals surface area contributed by atoms with Crippen molar-refractivity contribution in [2.75, 3.05) is 25.6 Å². The van der Waals surface area contributed by atoms with Gasteiger partial charge in [-0.05, 0) is 18.6 Å². The van der Waals surface area contributed by atoms with Crippen LogP contribution >= 0.6 is 0 Å². The molecule has 0 amide bonds. The molecule has 0 spiro atoms. The average Bonchev–Trinajstić information content (AvgIpc) is 2.28. The van der Waals surface area contributed by atoms with E-state index < -0.39 is 4.92 Å². The van der Waals surface area contributed by atoms with E-state index in [1.54, 1.807) is 6.07 Å². The van der Waals surface area contributed by atoms with Crippen molar-refractivity contribution < 1.29 is 14.4 Å². The van der Waals surface area contributed by atoms with Crippen molar-refractivity contribution in [1.29, 1.82) is 0 Å². The van der Waals surface area contributed by atoms with Crippen LogP contribution < -0.4 is 10.5 Å². The van der Waals surface area contributed by atoms with Crippen molar-refractivity contribution in [3.63, 3.8) is 0 Å². The summed E-state index contributed by atoms with van der Waals surface area (Å²) in [7, 11) is 0. The van der Waals surface area contributed by atoms with E-state index in [1.165, 1.54) is 12.1 Å². The number of nitrogen functional groups attached to an aromatic ring is 1. The molecular formula is C11H16N2O4. The highest BCUT2D eigenvalue weighted by molar-refractivity contribution is 5.65. The molecule has 0 atom stereocenters. The summed E-state index contributed by atoms with van der Waals surface area (Å²) in [6.07, 6.45) is 0.929. The fraction of sp³-hybridized carbons (Fsp3) is 0.455. The van der Waals surface area contributed by atoms with Gasteiger partial charge in [0, 0.05) is 6.61 Å². The van der Waals surface area contributed by atoms with Crippen molar-refractivity contribution >= 4 is 11.4 Å². The Kier molecular flexibility index (Phi) is 5.22. The van der Waals surface area contributed by atoms with Crippen LogP contribution in [-0.2, 0) is 4.74 Å². The summed E-state index contributed by atoms with van der Waals surface area (Å²) >= 11 is 0. The van der Waals surface area contributed by atoms with Crippen LogP contribution in [0.5, 0.6) is 5.75 Å². The lowest BCUT2D eigenvalue weighted by molar-refractivity contribution is -0.384. The highest BCUT2D eigenvalue weighted by Crippen LogP contribution is 2.32. The Labute approximate surface area is 99.5 Å². The number of nitro benzene ring substituents is 1. The van der Waals surface area contributed by atoms with Gasteiger partial charge in [0.15, 0.2) is 5.75 Å². The molecule has 0 aliphatic carbocycles. The van der Waals surface area contributed by atoms with Crippen LogP contribution in [0.4, 0.5) is 11.4 Å². The van der Waals surface area contributed by atoms with Crippen LogP contribution in [-0.4, -0.2) is 24.7 Å². The Balaban J connectivity index is 2.58. The zero-order valence-corrected chi connectivity index (χ0v) is 9.72. The number of nitro groups is 1. The molecule has 0 bridgehead atoms. The van der Waals surface area contributed by atoms with E-state index in [1.807, 2.05) is 6.92 Å². The molecule has 0 aliphatic heterocycles. The molecule has 6 heteroatoms. The predicted octanol–water partition coefficient (Wildman–Crippen LogP) is 1.98. The third-order valence-corrected chi connectivity index (χ3v) is 2.05. The maximum atomic E-state index is 10.8. The van der Waals surface area contributed by atoms with E-state index in [9.17, 15) is 10.1 Å². The first-order chi connectivity index (χ1) is 8.16. The van der Waals surface area contributed by atoms with Gasteiger partial charge in [-0.1, -0.05) is 13.0 Å². The summed E-state index contributed by atoms with van der Waals surface area (Å²) in [6.45, 7) is 3.33. The first-order valence-corrected chi connectivity index (χ1v) is 5.40. The van der Waals surface area contributed by atoms with Crippen molar-refractivity contribution in [2.24, 2.45) is 0 Å². The molecule has 1 aromatic rings. The monoisotopic (exact) mass is 240 g/mol. The number of anilines is 1. The summed E-state index contributed by atoms with van der Waals surface area (Å²) < 4.78 is 10.5. The standard InChI is InChI=1S/C11H16N2O4/c1-2-6-16-7-8-17-10-5-3-4-9(12)11(10)13(14)15/h3-5H,2,6-8,12H2,1H3. The highest BCUT2D eigenvalue weighted by Gasteiger charge is 2.18. The van der Waals surface area contributed by atoms with Gasteiger partial charge in [-0.25, -0.2) is 0 Å². The number of hydrogen-bond donors (Lipinski definition) is 1. The second kappa shape index (κ2) is 6.70. The zero-order chi connectivity index (χ0) is 12.7. The van der Waals surface area contributed by atoms with Gasteiger partial charge in [0.1, 0.15) is 12.3 Å². The van der Waals surface area contributed by atoms with E-state index in [4.69, 9.17) is 15.2 Å². The second-order valence-electron chi connectivity index (χ2n) is 3.41. The summed E-state index contributed by atoms with van der Waals surface area (Å²) in [5, 5.41) is 10.8. The second-order valence-corrected chi connectivity index (χ2v) is 3.41. The van der Waals surface area contributed by atoms with E-state index in [-0.39, 0.29) is 23.7 Å². The third kappa shape index (κ3) is 3.92. The molecule has 0 unspecified atom stereocenters. The lowest BCUT2D eigenvalue weighted by Gasteiger charge is -2.08. The number of hydrogen-bond acceptors (Lipinski definition) is 5. The first kappa shape index (κ1) is 13.2. The summed E-state index contributed by atoms with van der Waals surface area (Å²) in [6, 6.07) is 4.61. The normalized spacial score (nSPS) is 10.2. The number of benzene rings is 1. The van der Waals surface area contributed by atoms with E-state index in [0.29, 0.717) is 13.2 Å². The minimum atomic E-state index is -0.544. The lowest BCUT2D eigenvalue weighted by atomic mass is 10.2. The molecule has 6 nitrogen and oxygen atoms in total. The molecule has 0 aromatic heterocycles. The minimum absolute atomic E-state index is 0.0991. The largest absolute Gasteiger partial charge is 0.484 e. The summed E-state index contributed by atoms with van der Waals surface area (Å²) in [5.74, 6) is 0.176. The maximum absolute atomic E-state index is 10.8. The smallest absolute Gasteiger partial charge is 0.333 e. The number of nitrogens with zero attached hydrogens (tertiary/aromatic N) is 1. The molecule has 1 rings (SSSR count). The Morgan fingerprint density at radius 1 is 1.35 bits per heavy atom. The number of nitrogens with two attached hydrogens (primary N) is 1. The number of rotatable bonds is 7. The Morgan fingerprint density at radius 2 is 2.12 bits per heavy atom. The number of ether oxygens (including phenoxy) is 2. The fourth-order valence-corrected chi connectivity index (χ4v) is 1.31. The van der Waals surface area contributed by atoms with Crippen molar-refractivity contribution in [2.45, 2.75) is 13.3 Å². The highest BCUT2D eigenvalue weighted by atomic mass is 16.6. The van der Waals surface area contributed by atoms with Crippen molar-refractivity contribution in [3.8, 4) is 5.75 Å². The van der Waals surface area contributed by atoms with Gasteiger partial charge in [-0.2, -0.15) is 0 Å². The van der Waals surface area contributed by atoms with E-state index in [2.05, 4.69) is 0 Å². The number of para-hydroxylation sites is 1. The topological polar surface area (TPSA) is 87.6 Å². The van der Waals surface area contributed by atoms with Crippen LogP contribution in [0.25, 0.3) is 0 Å². The fourth-order valence-electron chi connectivity index (χ4n) is 1.31. The molecule has 1 aromatic carbocycles. The molecule has 0 heterocycles. The maximum Gasteiger partial charge on any atom is 0.333 e. The van der Waals surface area contributed by atoms with Gasteiger partial charge >= 0.3 is 5.69 Å². The van der Waals surface area contributed by atoms with Crippen LogP contribution in [0.15, 0.2) is 18.2 Å². The van der Waals surface area contributed by atoms with Gasteiger partial charge < -0.3 is 15.2 Å². The van der Waals surface area contributed by atoms with Crippen LogP contribution in [0.1, 0.15) is 13.3 Å². The molecule has 94 valence electrons. The van der Waals surface area contributed by atoms with Crippen molar-refractivity contribution in [1.82, 2.24) is 0 Å². The molecule has 0 aliphatic rings. The molecular weight excluding hydrogens is 224 g/mol. The average molecular weight is 240 g/mol. The first-order valence-electron chi connectivity index (χ1n) is 5.40. The zero-order valence-electron chi connectivity index (χ0n) is 9.72. The third-order valence-electron chi connectivity index (χ3n) is 2.05. The minimum Gasteiger partial charge on any atom is -0.484 e. The Hall–Kier alpha value is -1.82.